The van der Waals surface area contributed by atoms with Crippen LogP contribution in [0.4, 0.5) is 23.1 Å². The zero-order chi connectivity index (χ0) is 20.1. The maximum Gasteiger partial charge on any atom is 0.274 e. The van der Waals surface area contributed by atoms with Gasteiger partial charge in [0, 0.05) is 42.4 Å². The van der Waals surface area contributed by atoms with Gasteiger partial charge in [-0.05, 0) is 62.6 Å². The van der Waals surface area contributed by atoms with Crippen LogP contribution in [0.15, 0.2) is 54.7 Å². The number of benzene rings is 1. The monoisotopic (exact) mass is 388 g/mol. The van der Waals surface area contributed by atoms with Crippen molar-refractivity contribution in [1.29, 1.82) is 0 Å². The quantitative estimate of drug-likeness (QED) is 0.683. The molecule has 7 nitrogen and oxygen atoms in total. The number of carbonyl (C=O) groups is 1. The summed E-state index contributed by atoms with van der Waals surface area (Å²) in [4.78, 5) is 27.8. The van der Waals surface area contributed by atoms with Crippen molar-refractivity contribution in [3.05, 3.63) is 66.1 Å². The minimum atomic E-state index is -0.232. The van der Waals surface area contributed by atoms with Crippen LogP contribution in [-0.2, 0) is 0 Å². The van der Waals surface area contributed by atoms with Crippen molar-refractivity contribution in [2.45, 2.75) is 26.2 Å². The van der Waals surface area contributed by atoms with Crippen LogP contribution in [0.3, 0.4) is 0 Å². The van der Waals surface area contributed by atoms with Gasteiger partial charge in [0.25, 0.3) is 5.91 Å². The number of anilines is 4. The molecule has 3 heterocycles. The van der Waals surface area contributed by atoms with E-state index in [9.17, 15) is 4.79 Å². The number of nitrogens with zero attached hydrogens (tertiary/aromatic N) is 4. The lowest BCUT2D eigenvalue weighted by molar-refractivity contribution is 0.102. The van der Waals surface area contributed by atoms with Gasteiger partial charge in [-0.1, -0.05) is 6.07 Å². The number of hydrogen-bond acceptors (Lipinski definition) is 6. The first kappa shape index (κ1) is 18.9. The van der Waals surface area contributed by atoms with E-state index in [0.717, 1.165) is 36.2 Å². The number of carbonyl (C=O) groups excluding carboxylic acids is 1. The lowest BCUT2D eigenvalue weighted by Crippen LogP contribution is -2.31. The number of rotatable bonds is 5. The predicted octanol–water partition coefficient (Wildman–Crippen LogP) is 4.17. The molecule has 2 N–H and O–H groups in total. The molecule has 0 bridgehead atoms. The Morgan fingerprint density at radius 2 is 1.72 bits per heavy atom. The largest absolute Gasteiger partial charge is 0.341 e. The minimum absolute atomic E-state index is 0.232. The van der Waals surface area contributed by atoms with E-state index in [0.29, 0.717) is 11.4 Å². The zero-order valence-corrected chi connectivity index (χ0v) is 16.4. The summed E-state index contributed by atoms with van der Waals surface area (Å²) in [6.07, 6.45) is 5.25. The minimum Gasteiger partial charge on any atom is -0.341 e. The van der Waals surface area contributed by atoms with Crippen LogP contribution in [0.2, 0.25) is 0 Å². The Labute approximate surface area is 170 Å². The number of aromatic nitrogens is 3. The SMILES string of the molecule is Cc1cc(Nc2ccc(NC(=O)c3ccccn3)cc2)nc(N2CCCCC2)n1. The fourth-order valence-electron chi connectivity index (χ4n) is 3.33. The van der Waals surface area contributed by atoms with Gasteiger partial charge >= 0.3 is 0 Å². The predicted molar refractivity (Wildman–Crippen MR) is 115 cm³/mol. The van der Waals surface area contributed by atoms with Crippen molar-refractivity contribution < 1.29 is 4.79 Å². The molecule has 0 unspecified atom stereocenters. The summed E-state index contributed by atoms with van der Waals surface area (Å²) in [5.74, 6) is 1.32. The number of amides is 1. The van der Waals surface area contributed by atoms with Crippen LogP contribution in [0.5, 0.6) is 0 Å². The van der Waals surface area contributed by atoms with E-state index in [1.165, 1.54) is 19.3 Å². The molecule has 1 aliphatic heterocycles. The summed E-state index contributed by atoms with van der Waals surface area (Å²) >= 11 is 0. The highest BCUT2D eigenvalue weighted by Crippen LogP contribution is 2.22. The highest BCUT2D eigenvalue weighted by atomic mass is 16.1. The Balaban J connectivity index is 1.43. The van der Waals surface area contributed by atoms with Crippen LogP contribution >= 0.6 is 0 Å². The molecule has 1 saturated heterocycles. The molecular weight excluding hydrogens is 364 g/mol. The van der Waals surface area contributed by atoms with Gasteiger partial charge in [-0.15, -0.1) is 0 Å². The third kappa shape index (κ3) is 4.87. The van der Waals surface area contributed by atoms with Crippen LogP contribution in [-0.4, -0.2) is 33.9 Å². The molecule has 4 rings (SSSR count). The topological polar surface area (TPSA) is 83.0 Å². The standard InChI is InChI=1S/C22H24N6O/c1-16-15-20(27-22(24-16)28-13-5-2-6-14-28)25-17-8-10-18(11-9-17)26-21(29)19-7-3-4-12-23-19/h3-4,7-12,15H,2,5-6,13-14H2,1H3,(H,26,29)(H,24,25,27). The van der Waals surface area contributed by atoms with Gasteiger partial charge < -0.3 is 15.5 Å². The van der Waals surface area contributed by atoms with Gasteiger partial charge in [0.05, 0.1) is 0 Å². The molecule has 0 radical (unpaired) electrons. The van der Waals surface area contributed by atoms with Crippen molar-refractivity contribution in [3.8, 4) is 0 Å². The Kier molecular flexibility index (Phi) is 5.65. The first-order valence-corrected chi connectivity index (χ1v) is 9.87. The maximum atomic E-state index is 12.2. The van der Waals surface area contributed by atoms with Crippen LogP contribution in [0.25, 0.3) is 0 Å². The van der Waals surface area contributed by atoms with Crippen LogP contribution < -0.4 is 15.5 Å². The van der Waals surface area contributed by atoms with Gasteiger partial charge in [0.15, 0.2) is 0 Å². The molecule has 7 heteroatoms. The molecule has 1 fully saturated rings. The number of hydrogen-bond donors (Lipinski definition) is 2. The maximum absolute atomic E-state index is 12.2. The Morgan fingerprint density at radius 1 is 0.966 bits per heavy atom. The number of piperidine rings is 1. The van der Waals surface area contributed by atoms with E-state index in [4.69, 9.17) is 0 Å². The van der Waals surface area contributed by atoms with Crippen LogP contribution in [0, 0.1) is 6.92 Å². The van der Waals surface area contributed by atoms with Crippen molar-refractivity contribution in [2.75, 3.05) is 28.6 Å². The third-order valence-electron chi connectivity index (χ3n) is 4.79. The van der Waals surface area contributed by atoms with Gasteiger partial charge in [-0.3, -0.25) is 9.78 Å². The fraction of sp³-hybridized carbons (Fsp3) is 0.273. The van der Waals surface area contributed by atoms with Gasteiger partial charge in [-0.2, -0.15) is 4.98 Å². The third-order valence-corrected chi connectivity index (χ3v) is 4.79. The van der Waals surface area contributed by atoms with Crippen molar-refractivity contribution in [1.82, 2.24) is 15.0 Å². The molecule has 0 aliphatic carbocycles. The zero-order valence-electron chi connectivity index (χ0n) is 16.4. The van der Waals surface area contributed by atoms with E-state index in [2.05, 4.69) is 30.5 Å². The molecule has 3 aromatic rings. The second-order valence-corrected chi connectivity index (χ2v) is 7.11. The van der Waals surface area contributed by atoms with Crippen molar-refractivity contribution >= 4 is 29.0 Å². The second-order valence-electron chi connectivity index (χ2n) is 7.11. The normalized spacial score (nSPS) is 13.8. The highest BCUT2D eigenvalue weighted by molar-refractivity contribution is 6.02. The highest BCUT2D eigenvalue weighted by Gasteiger charge is 2.15. The average molecular weight is 388 g/mol. The lowest BCUT2D eigenvalue weighted by Gasteiger charge is -2.27. The van der Waals surface area contributed by atoms with Gasteiger partial charge in [-0.25, -0.2) is 4.98 Å². The molecule has 2 aromatic heterocycles. The summed E-state index contributed by atoms with van der Waals surface area (Å²) in [6.45, 7) is 4.00. The molecule has 1 aromatic carbocycles. The molecule has 1 amide bonds. The van der Waals surface area contributed by atoms with Crippen LogP contribution in [0.1, 0.15) is 35.4 Å². The molecule has 148 valence electrons. The van der Waals surface area contributed by atoms with E-state index in [1.807, 2.05) is 37.3 Å². The smallest absolute Gasteiger partial charge is 0.274 e. The first-order valence-electron chi connectivity index (χ1n) is 9.87. The fourth-order valence-corrected chi connectivity index (χ4v) is 3.33. The molecule has 0 saturated carbocycles. The van der Waals surface area contributed by atoms with E-state index in [1.54, 1.807) is 24.4 Å². The van der Waals surface area contributed by atoms with E-state index >= 15 is 0 Å². The number of nitrogens with one attached hydrogen (secondary N) is 2. The molecule has 0 spiro atoms. The van der Waals surface area contributed by atoms with E-state index < -0.39 is 0 Å². The molecule has 0 atom stereocenters. The molecule has 1 aliphatic rings. The van der Waals surface area contributed by atoms with E-state index in [-0.39, 0.29) is 5.91 Å². The summed E-state index contributed by atoms with van der Waals surface area (Å²) in [7, 11) is 0. The molecule has 29 heavy (non-hydrogen) atoms. The lowest BCUT2D eigenvalue weighted by atomic mass is 10.1. The van der Waals surface area contributed by atoms with Crippen molar-refractivity contribution in [2.24, 2.45) is 0 Å². The number of aryl methyl sites for hydroxylation is 1. The van der Waals surface area contributed by atoms with Crippen molar-refractivity contribution in [3.63, 3.8) is 0 Å². The Hall–Kier alpha value is -3.48. The average Bonchev–Trinajstić information content (AvgIpc) is 2.76. The summed E-state index contributed by atoms with van der Waals surface area (Å²) in [6, 6.07) is 14.7. The van der Waals surface area contributed by atoms with Gasteiger partial charge in [0.2, 0.25) is 5.95 Å². The summed E-state index contributed by atoms with van der Waals surface area (Å²) < 4.78 is 0. The summed E-state index contributed by atoms with van der Waals surface area (Å²) in [5.41, 5.74) is 2.92. The first-order chi connectivity index (χ1) is 14.2. The second kappa shape index (κ2) is 8.68. The van der Waals surface area contributed by atoms with Gasteiger partial charge in [0.1, 0.15) is 11.5 Å². The Morgan fingerprint density at radius 3 is 2.45 bits per heavy atom. The number of pyridine rings is 1. The summed E-state index contributed by atoms with van der Waals surface area (Å²) in [5, 5.41) is 6.18. The Bertz CT molecular complexity index is 968. The molecular formula is C22H24N6O.